The number of halogens is 1. The lowest BCUT2D eigenvalue weighted by molar-refractivity contribution is 0.198. The van der Waals surface area contributed by atoms with Gasteiger partial charge in [0, 0.05) is 16.7 Å². The summed E-state index contributed by atoms with van der Waals surface area (Å²) in [6.07, 6.45) is 2.94. The molecule has 0 saturated carbocycles. The van der Waals surface area contributed by atoms with Crippen LogP contribution in [0.3, 0.4) is 0 Å². The van der Waals surface area contributed by atoms with Crippen LogP contribution in [0.25, 0.3) is 0 Å². The standard InChI is InChI=1S/C14H20BrNO2/c1-10(18)13-6-5-11(8-14(13)15)16-7-3-2-4-12(16)9-17/h5-6,8,10,12,17-18H,2-4,7,9H2,1H3/t10-,12?/m0/s1. The van der Waals surface area contributed by atoms with E-state index in [-0.39, 0.29) is 12.6 Å². The van der Waals surface area contributed by atoms with Gasteiger partial charge in [0.25, 0.3) is 0 Å². The molecule has 1 aromatic rings. The molecule has 0 radical (unpaired) electrons. The summed E-state index contributed by atoms with van der Waals surface area (Å²) in [5.41, 5.74) is 2.02. The molecule has 2 N–H and O–H groups in total. The molecule has 1 aliphatic heterocycles. The van der Waals surface area contributed by atoms with Crippen LogP contribution in [0.15, 0.2) is 22.7 Å². The summed E-state index contributed by atoms with van der Waals surface area (Å²) in [5, 5.41) is 19.1. The fourth-order valence-electron chi connectivity index (χ4n) is 2.56. The van der Waals surface area contributed by atoms with E-state index in [0.717, 1.165) is 28.7 Å². The molecule has 0 amide bonds. The van der Waals surface area contributed by atoms with Crippen LogP contribution in [0.2, 0.25) is 0 Å². The van der Waals surface area contributed by atoms with Crippen molar-refractivity contribution in [3.63, 3.8) is 0 Å². The second-order valence-electron chi connectivity index (χ2n) is 4.91. The number of aliphatic hydroxyl groups is 2. The third kappa shape index (κ3) is 2.87. The van der Waals surface area contributed by atoms with Crippen LogP contribution in [0, 0.1) is 0 Å². The highest BCUT2D eigenvalue weighted by molar-refractivity contribution is 9.10. The van der Waals surface area contributed by atoms with Crippen LogP contribution in [0.1, 0.15) is 37.9 Å². The monoisotopic (exact) mass is 313 g/mol. The van der Waals surface area contributed by atoms with Crippen molar-refractivity contribution in [3.8, 4) is 0 Å². The molecular formula is C14H20BrNO2. The minimum absolute atomic E-state index is 0.204. The van der Waals surface area contributed by atoms with Gasteiger partial charge < -0.3 is 15.1 Å². The summed E-state index contributed by atoms with van der Waals surface area (Å²) in [4.78, 5) is 2.26. The van der Waals surface area contributed by atoms with Crippen LogP contribution >= 0.6 is 15.9 Å². The van der Waals surface area contributed by atoms with Crippen molar-refractivity contribution in [1.29, 1.82) is 0 Å². The first-order valence-corrected chi connectivity index (χ1v) is 7.27. The van der Waals surface area contributed by atoms with E-state index in [2.05, 4.69) is 20.8 Å². The summed E-state index contributed by atoms with van der Waals surface area (Å²) < 4.78 is 0.928. The number of nitrogens with zero attached hydrogens (tertiary/aromatic N) is 1. The number of rotatable bonds is 3. The van der Waals surface area contributed by atoms with E-state index < -0.39 is 6.10 Å². The van der Waals surface area contributed by atoms with Gasteiger partial charge in [-0.2, -0.15) is 0 Å². The van der Waals surface area contributed by atoms with Crippen molar-refractivity contribution in [2.24, 2.45) is 0 Å². The van der Waals surface area contributed by atoms with Gasteiger partial charge in [0.15, 0.2) is 0 Å². The van der Waals surface area contributed by atoms with E-state index in [1.165, 1.54) is 12.8 Å². The molecule has 1 saturated heterocycles. The Hall–Kier alpha value is -0.580. The molecule has 1 unspecified atom stereocenters. The average molecular weight is 314 g/mol. The Labute approximate surface area is 117 Å². The molecule has 0 bridgehead atoms. The van der Waals surface area contributed by atoms with E-state index in [9.17, 15) is 10.2 Å². The molecule has 1 aliphatic rings. The SMILES string of the molecule is C[C@H](O)c1ccc(N2CCCCC2CO)cc1Br. The van der Waals surface area contributed by atoms with E-state index in [1.54, 1.807) is 6.92 Å². The van der Waals surface area contributed by atoms with Gasteiger partial charge in [0.1, 0.15) is 0 Å². The Morgan fingerprint density at radius 1 is 1.44 bits per heavy atom. The quantitative estimate of drug-likeness (QED) is 0.902. The zero-order chi connectivity index (χ0) is 13.1. The topological polar surface area (TPSA) is 43.7 Å². The summed E-state index contributed by atoms with van der Waals surface area (Å²) in [6.45, 7) is 2.96. The van der Waals surface area contributed by atoms with Crippen LogP contribution in [-0.4, -0.2) is 29.4 Å². The molecule has 1 heterocycles. The van der Waals surface area contributed by atoms with Crippen LogP contribution in [0.5, 0.6) is 0 Å². The zero-order valence-corrected chi connectivity index (χ0v) is 12.2. The Kier molecular flexibility index (Phi) is 4.65. The van der Waals surface area contributed by atoms with E-state index >= 15 is 0 Å². The molecular weight excluding hydrogens is 294 g/mol. The van der Waals surface area contributed by atoms with Crippen molar-refractivity contribution in [3.05, 3.63) is 28.2 Å². The highest BCUT2D eigenvalue weighted by Crippen LogP contribution is 2.31. The summed E-state index contributed by atoms with van der Waals surface area (Å²) in [6, 6.07) is 6.24. The van der Waals surface area contributed by atoms with Crippen LogP contribution in [-0.2, 0) is 0 Å². The van der Waals surface area contributed by atoms with Crippen molar-refractivity contribution >= 4 is 21.6 Å². The maximum Gasteiger partial charge on any atom is 0.0772 e. The molecule has 1 fully saturated rings. The number of anilines is 1. The smallest absolute Gasteiger partial charge is 0.0772 e. The number of hydrogen-bond donors (Lipinski definition) is 2. The fraction of sp³-hybridized carbons (Fsp3) is 0.571. The number of hydrogen-bond acceptors (Lipinski definition) is 3. The van der Waals surface area contributed by atoms with E-state index in [4.69, 9.17) is 0 Å². The van der Waals surface area contributed by atoms with Crippen molar-refractivity contribution in [1.82, 2.24) is 0 Å². The molecule has 4 heteroatoms. The third-order valence-corrected chi connectivity index (χ3v) is 4.29. The molecule has 2 atom stereocenters. The van der Waals surface area contributed by atoms with Gasteiger partial charge in [-0.05, 0) is 43.9 Å². The van der Waals surface area contributed by atoms with Crippen LogP contribution < -0.4 is 4.90 Å². The number of piperidine rings is 1. The molecule has 100 valence electrons. The Balaban J connectivity index is 2.24. The zero-order valence-electron chi connectivity index (χ0n) is 10.6. The van der Waals surface area contributed by atoms with Gasteiger partial charge in [-0.3, -0.25) is 0 Å². The predicted molar refractivity (Wildman–Crippen MR) is 76.8 cm³/mol. The first-order valence-electron chi connectivity index (χ1n) is 6.48. The molecule has 3 nitrogen and oxygen atoms in total. The Bertz CT molecular complexity index is 409. The first-order chi connectivity index (χ1) is 8.63. The first kappa shape index (κ1) is 13.8. The highest BCUT2D eigenvalue weighted by atomic mass is 79.9. The van der Waals surface area contributed by atoms with Gasteiger partial charge in [-0.1, -0.05) is 22.0 Å². The minimum atomic E-state index is -0.469. The largest absolute Gasteiger partial charge is 0.394 e. The lowest BCUT2D eigenvalue weighted by Gasteiger charge is -2.36. The molecule has 0 aliphatic carbocycles. The van der Waals surface area contributed by atoms with Gasteiger partial charge in [0.2, 0.25) is 0 Å². The maximum absolute atomic E-state index is 9.62. The molecule has 0 aromatic heterocycles. The fourth-order valence-corrected chi connectivity index (χ4v) is 3.26. The van der Waals surface area contributed by atoms with E-state index in [1.807, 2.05) is 18.2 Å². The van der Waals surface area contributed by atoms with Gasteiger partial charge in [-0.15, -0.1) is 0 Å². The summed E-state index contributed by atoms with van der Waals surface area (Å²) in [7, 11) is 0. The lowest BCUT2D eigenvalue weighted by atomic mass is 10.0. The van der Waals surface area contributed by atoms with Gasteiger partial charge >= 0.3 is 0 Å². The summed E-state index contributed by atoms with van der Waals surface area (Å²) in [5.74, 6) is 0. The van der Waals surface area contributed by atoms with E-state index in [0.29, 0.717) is 0 Å². The third-order valence-electron chi connectivity index (χ3n) is 3.60. The molecule has 18 heavy (non-hydrogen) atoms. The van der Waals surface area contributed by atoms with Crippen LogP contribution in [0.4, 0.5) is 5.69 Å². The maximum atomic E-state index is 9.62. The molecule has 0 spiro atoms. The van der Waals surface area contributed by atoms with Gasteiger partial charge in [-0.25, -0.2) is 0 Å². The summed E-state index contributed by atoms with van der Waals surface area (Å²) >= 11 is 3.51. The van der Waals surface area contributed by atoms with Crippen molar-refractivity contribution < 1.29 is 10.2 Å². The van der Waals surface area contributed by atoms with Gasteiger partial charge in [0.05, 0.1) is 18.8 Å². The molecule has 2 rings (SSSR count). The minimum Gasteiger partial charge on any atom is -0.394 e. The second-order valence-corrected chi connectivity index (χ2v) is 5.76. The van der Waals surface area contributed by atoms with Crippen molar-refractivity contribution in [2.75, 3.05) is 18.1 Å². The second kappa shape index (κ2) is 6.04. The highest BCUT2D eigenvalue weighted by Gasteiger charge is 2.22. The normalized spacial score (nSPS) is 22.0. The lowest BCUT2D eigenvalue weighted by Crippen LogP contribution is -2.41. The number of aliphatic hydroxyl groups excluding tert-OH is 2. The Morgan fingerprint density at radius 2 is 2.22 bits per heavy atom. The number of benzene rings is 1. The molecule has 1 aromatic carbocycles. The Morgan fingerprint density at radius 3 is 2.83 bits per heavy atom. The predicted octanol–water partition coefficient (Wildman–Crippen LogP) is 2.85. The van der Waals surface area contributed by atoms with Crippen molar-refractivity contribution in [2.45, 2.75) is 38.3 Å². The average Bonchev–Trinajstić information content (AvgIpc) is 2.38.